The molecule has 30 heavy (non-hydrogen) atoms. The molecule has 0 saturated heterocycles. The van der Waals surface area contributed by atoms with Crippen LogP contribution in [-0.2, 0) is 24.1 Å². The number of nitrogens with zero attached hydrogens (tertiary/aromatic N) is 6. The molecule has 4 rings (SSSR count). The molecule has 3 heterocycles. The van der Waals surface area contributed by atoms with Crippen LogP contribution in [0.1, 0.15) is 30.2 Å². The summed E-state index contributed by atoms with van der Waals surface area (Å²) in [5.41, 5.74) is 0.669. The first-order valence-electron chi connectivity index (χ1n) is 9.29. The van der Waals surface area contributed by atoms with Crippen LogP contribution in [0.3, 0.4) is 0 Å². The number of aromatic nitrogens is 5. The predicted molar refractivity (Wildman–Crippen MR) is 101 cm³/mol. The summed E-state index contributed by atoms with van der Waals surface area (Å²) < 4.78 is 42.6. The van der Waals surface area contributed by atoms with Gasteiger partial charge in [0.2, 0.25) is 11.7 Å². The monoisotopic (exact) mass is 438 g/mol. The van der Waals surface area contributed by atoms with Crippen LogP contribution in [-0.4, -0.2) is 41.9 Å². The van der Waals surface area contributed by atoms with Crippen molar-refractivity contribution in [2.45, 2.75) is 32.2 Å². The van der Waals surface area contributed by atoms with Crippen LogP contribution in [0.5, 0.6) is 0 Å². The highest BCUT2D eigenvalue weighted by Crippen LogP contribution is 2.36. The Bertz CT molecular complexity index is 1050. The summed E-state index contributed by atoms with van der Waals surface area (Å²) in [6.45, 7) is 2.12. The van der Waals surface area contributed by atoms with Crippen molar-refractivity contribution >= 4 is 17.5 Å². The highest BCUT2D eigenvalue weighted by atomic mass is 35.5. The molecule has 2 atom stereocenters. The second kappa shape index (κ2) is 7.75. The van der Waals surface area contributed by atoms with Gasteiger partial charge in [0.1, 0.15) is 6.04 Å². The Morgan fingerprint density at radius 1 is 1.23 bits per heavy atom. The SMILES string of the molecule is CC(Cn1cc(Cl)cn1)C(=O)N1CCn2c(nnc2C(F)(F)F)C1c1ccccc1. The Morgan fingerprint density at radius 2 is 1.97 bits per heavy atom. The van der Waals surface area contributed by atoms with E-state index in [1.807, 2.05) is 0 Å². The van der Waals surface area contributed by atoms with Crippen LogP contribution in [0.15, 0.2) is 42.7 Å². The number of benzene rings is 1. The number of hydrogen-bond acceptors (Lipinski definition) is 4. The molecular weight excluding hydrogens is 421 g/mol. The molecule has 11 heteroatoms. The number of alkyl halides is 3. The van der Waals surface area contributed by atoms with Crippen molar-refractivity contribution in [2.75, 3.05) is 6.54 Å². The summed E-state index contributed by atoms with van der Waals surface area (Å²) in [6.07, 6.45) is -1.53. The van der Waals surface area contributed by atoms with E-state index in [4.69, 9.17) is 11.6 Å². The highest BCUT2D eigenvalue weighted by molar-refractivity contribution is 6.30. The molecule has 7 nitrogen and oxygen atoms in total. The number of carbonyl (C=O) groups excluding carboxylic acids is 1. The summed E-state index contributed by atoms with van der Waals surface area (Å²) in [7, 11) is 0. The first-order chi connectivity index (χ1) is 14.3. The van der Waals surface area contributed by atoms with Crippen molar-refractivity contribution in [1.82, 2.24) is 29.4 Å². The molecule has 0 saturated carbocycles. The van der Waals surface area contributed by atoms with Crippen LogP contribution < -0.4 is 0 Å². The van der Waals surface area contributed by atoms with Crippen LogP contribution in [0, 0.1) is 5.92 Å². The summed E-state index contributed by atoms with van der Waals surface area (Å²) in [5.74, 6) is -1.63. The van der Waals surface area contributed by atoms with Gasteiger partial charge in [-0.15, -0.1) is 10.2 Å². The minimum atomic E-state index is -4.62. The van der Waals surface area contributed by atoms with Crippen LogP contribution >= 0.6 is 11.6 Å². The molecule has 2 aromatic heterocycles. The summed E-state index contributed by atoms with van der Waals surface area (Å²) >= 11 is 5.88. The van der Waals surface area contributed by atoms with Crippen LogP contribution in [0.2, 0.25) is 5.02 Å². The molecule has 3 aromatic rings. The van der Waals surface area contributed by atoms with Crippen molar-refractivity contribution in [3.05, 3.63) is 65.0 Å². The minimum absolute atomic E-state index is 0.0352. The zero-order chi connectivity index (χ0) is 21.5. The Balaban J connectivity index is 1.69. The molecule has 2 unspecified atom stereocenters. The van der Waals surface area contributed by atoms with E-state index in [0.717, 1.165) is 4.57 Å². The lowest BCUT2D eigenvalue weighted by Crippen LogP contribution is -2.46. The highest BCUT2D eigenvalue weighted by Gasteiger charge is 2.43. The number of carbonyl (C=O) groups is 1. The third-order valence-electron chi connectivity index (χ3n) is 5.04. The van der Waals surface area contributed by atoms with Gasteiger partial charge in [0.15, 0.2) is 5.82 Å². The zero-order valence-electron chi connectivity index (χ0n) is 15.9. The van der Waals surface area contributed by atoms with E-state index < -0.39 is 24.0 Å². The number of amides is 1. The fourth-order valence-corrected chi connectivity index (χ4v) is 3.86. The first kappa shape index (κ1) is 20.4. The van der Waals surface area contributed by atoms with Gasteiger partial charge in [-0.2, -0.15) is 18.3 Å². The van der Waals surface area contributed by atoms with E-state index in [1.54, 1.807) is 53.0 Å². The fourth-order valence-electron chi connectivity index (χ4n) is 3.71. The first-order valence-corrected chi connectivity index (χ1v) is 9.67. The normalized spacial score (nSPS) is 17.6. The van der Waals surface area contributed by atoms with Crippen molar-refractivity contribution < 1.29 is 18.0 Å². The van der Waals surface area contributed by atoms with Gasteiger partial charge >= 0.3 is 6.18 Å². The van der Waals surface area contributed by atoms with E-state index >= 15 is 0 Å². The fraction of sp³-hybridized carbons (Fsp3) is 0.368. The van der Waals surface area contributed by atoms with Gasteiger partial charge in [0, 0.05) is 19.3 Å². The number of hydrogen-bond donors (Lipinski definition) is 0. The maximum absolute atomic E-state index is 13.3. The molecule has 0 fully saturated rings. The molecule has 0 spiro atoms. The lowest BCUT2D eigenvalue weighted by atomic mass is 10.00. The molecule has 1 aromatic carbocycles. The largest absolute Gasteiger partial charge is 0.451 e. The maximum Gasteiger partial charge on any atom is 0.451 e. The topological polar surface area (TPSA) is 68.8 Å². The van der Waals surface area contributed by atoms with E-state index in [1.165, 1.54) is 6.20 Å². The lowest BCUT2D eigenvalue weighted by molar-refractivity contribution is -0.148. The van der Waals surface area contributed by atoms with Gasteiger partial charge in [-0.1, -0.05) is 48.9 Å². The van der Waals surface area contributed by atoms with Gasteiger partial charge in [0.05, 0.1) is 23.7 Å². The molecule has 0 N–H and O–H groups in total. The summed E-state index contributed by atoms with van der Waals surface area (Å²) in [6, 6.07) is 8.11. The Hall–Kier alpha value is -2.88. The maximum atomic E-state index is 13.3. The predicted octanol–water partition coefficient (Wildman–Crippen LogP) is 3.41. The number of fused-ring (bicyclic) bond motifs is 1. The third-order valence-corrected chi connectivity index (χ3v) is 5.23. The van der Waals surface area contributed by atoms with Crippen molar-refractivity contribution in [2.24, 2.45) is 5.92 Å². The van der Waals surface area contributed by atoms with E-state index in [-0.39, 0.29) is 24.8 Å². The number of halogens is 4. The molecule has 0 radical (unpaired) electrons. The molecular formula is C19H18ClF3N6O. The standard InChI is InChI=1S/C19H18ClF3N6O/c1-12(10-27-11-14(20)9-24-27)17(30)28-7-8-29-16(25-26-18(29)19(21,22)23)15(28)13-5-3-2-4-6-13/h2-6,9,11-12,15H,7-8,10H2,1H3. The third kappa shape index (κ3) is 3.79. The van der Waals surface area contributed by atoms with E-state index in [9.17, 15) is 18.0 Å². The van der Waals surface area contributed by atoms with Crippen LogP contribution in [0.25, 0.3) is 0 Å². The minimum Gasteiger partial charge on any atom is -0.326 e. The molecule has 158 valence electrons. The smallest absolute Gasteiger partial charge is 0.326 e. The average Bonchev–Trinajstić information content (AvgIpc) is 3.33. The Kier molecular flexibility index (Phi) is 5.27. The van der Waals surface area contributed by atoms with Gasteiger partial charge in [-0.05, 0) is 5.56 Å². The van der Waals surface area contributed by atoms with Gasteiger partial charge in [-0.3, -0.25) is 9.48 Å². The van der Waals surface area contributed by atoms with Crippen molar-refractivity contribution in [3.63, 3.8) is 0 Å². The lowest BCUT2D eigenvalue weighted by Gasteiger charge is -2.37. The Morgan fingerprint density at radius 3 is 2.60 bits per heavy atom. The second-order valence-corrected chi connectivity index (χ2v) is 7.59. The van der Waals surface area contributed by atoms with Crippen molar-refractivity contribution in [1.29, 1.82) is 0 Å². The molecule has 1 aliphatic heterocycles. The molecule has 0 aliphatic carbocycles. The van der Waals surface area contributed by atoms with E-state index in [2.05, 4.69) is 15.3 Å². The van der Waals surface area contributed by atoms with Crippen LogP contribution in [0.4, 0.5) is 13.2 Å². The molecule has 1 aliphatic rings. The van der Waals surface area contributed by atoms with Crippen molar-refractivity contribution in [3.8, 4) is 0 Å². The zero-order valence-corrected chi connectivity index (χ0v) is 16.7. The van der Waals surface area contributed by atoms with E-state index in [0.29, 0.717) is 17.1 Å². The van der Waals surface area contributed by atoms with Gasteiger partial charge in [-0.25, -0.2) is 0 Å². The quantitative estimate of drug-likeness (QED) is 0.626. The summed E-state index contributed by atoms with van der Waals surface area (Å²) in [5, 5.41) is 11.7. The number of rotatable bonds is 4. The van der Waals surface area contributed by atoms with Gasteiger partial charge < -0.3 is 9.47 Å². The molecule has 0 bridgehead atoms. The average molecular weight is 439 g/mol. The molecule has 1 amide bonds. The van der Waals surface area contributed by atoms with Gasteiger partial charge in [0.25, 0.3) is 0 Å². The Labute approximate surface area is 175 Å². The second-order valence-electron chi connectivity index (χ2n) is 7.16. The summed E-state index contributed by atoms with van der Waals surface area (Å²) in [4.78, 5) is 14.8.